The van der Waals surface area contributed by atoms with E-state index >= 15 is 0 Å². The topological polar surface area (TPSA) is 8.17 Å². The van der Waals surface area contributed by atoms with Crippen LogP contribution in [-0.4, -0.2) is 4.57 Å². The van der Waals surface area contributed by atoms with Crippen LogP contribution in [0.2, 0.25) is 0 Å². The highest BCUT2D eigenvalue weighted by atomic mass is 15.1. The van der Waals surface area contributed by atoms with E-state index in [1.54, 1.807) is 0 Å². The molecular formula is C48H42N2. The van der Waals surface area contributed by atoms with Gasteiger partial charge in [0.2, 0.25) is 0 Å². The molecule has 6 aromatic carbocycles. The predicted molar refractivity (Wildman–Crippen MR) is 213 cm³/mol. The molecule has 2 aliphatic carbocycles. The Hall–Kier alpha value is -5.60. The summed E-state index contributed by atoms with van der Waals surface area (Å²) >= 11 is 0. The van der Waals surface area contributed by atoms with Gasteiger partial charge in [-0.15, -0.1) is 0 Å². The van der Waals surface area contributed by atoms with Crippen LogP contribution in [0.3, 0.4) is 0 Å². The first kappa shape index (κ1) is 30.5. The highest BCUT2D eigenvalue weighted by molar-refractivity contribution is 6.10. The highest BCUT2D eigenvalue weighted by Crippen LogP contribution is 2.53. The predicted octanol–water partition coefficient (Wildman–Crippen LogP) is 13.2. The number of hydrogen-bond acceptors (Lipinski definition) is 1. The average Bonchev–Trinajstić information content (AvgIpc) is 3.57. The maximum Gasteiger partial charge on any atom is 0.0541 e. The molecule has 0 unspecified atom stereocenters. The lowest BCUT2D eigenvalue weighted by molar-refractivity contribution is 0.654. The van der Waals surface area contributed by atoms with Gasteiger partial charge in [0.1, 0.15) is 0 Å². The van der Waals surface area contributed by atoms with Crippen LogP contribution in [0, 0.1) is 20.8 Å². The second kappa shape index (κ2) is 11.5. The molecule has 9 rings (SSSR count). The van der Waals surface area contributed by atoms with Crippen molar-refractivity contribution in [2.24, 2.45) is 0 Å². The largest absolute Gasteiger partial charge is 0.310 e. The fraction of sp³-hybridized carbons (Fsp3) is 0.167. The maximum atomic E-state index is 2.46. The Labute approximate surface area is 295 Å². The molecule has 0 spiro atoms. The van der Waals surface area contributed by atoms with Gasteiger partial charge in [-0.05, 0) is 140 Å². The smallest absolute Gasteiger partial charge is 0.0541 e. The second-order valence-corrected chi connectivity index (χ2v) is 14.8. The van der Waals surface area contributed by atoms with E-state index in [1.165, 1.54) is 83.3 Å². The number of anilines is 3. The summed E-state index contributed by atoms with van der Waals surface area (Å²) in [4.78, 5) is 2.41. The summed E-state index contributed by atoms with van der Waals surface area (Å²) < 4.78 is 2.40. The average molecular weight is 647 g/mol. The van der Waals surface area contributed by atoms with Crippen LogP contribution in [0.15, 0.2) is 145 Å². The number of benzene rings is 6. The summed E-state index contributed by atoms with van der Waals surface area (Å²) in [6.45, 7) is 11.2. The first-order chi connectivity index (χ1) is 24.3. The van der Waals surface area contributed by atoms with Crippen molar-refractivity contribution in [3.8, 4) is 16.8 Å². The molecule has 0 N–H and O–H groups in total. The van der Waals surface area contributed by atoms with Crippen molar-refractivity contribution in [3.05, 3.63) is 173 Å². The molecule has 0 amide bonds. The zero-order valence-electron chi connectivity index (χ0n) is 29.6. The van der Waals surface area contributed by atoms with Gasteiger partial charge in [-0.3, -0.25) is 0 Å². The summed E-state index contributed by atoms with van der Waals surface area (Å²) in [5, 5.41) is 2.56. The number of fused-ring (bicyclic) bond motifs is 6. The van der Waals surface area contributed by atoms with Crippen LogP contribution in [0.4, 0.5) is 17.1 Å². The van der Waals surface area contributed by atoms with Gasteiger partial charge in [0.15, 0.2) is 0 Å². The molecule has 0 fully saturated rings. The van der Waals surface area contributed by atoms with Crippen molar-refractivity contribution < 1.29 is 0 Å². The zero-order chi connectivity index (χ0) is 34.1. The van der Waals surface area contributed by atoms with E-state index in [-0.39, 0.29) is 5.41 Å². The highest BCUT2D eigenvalue weighted by Gasteiger charge is 2.39. The molecule has 2 aliphatic rings. The first-order valence-corrected chi connectivity index (χ1v) is 17.9. The lowest BCUT2D eigenvalue weighted by Crippen LogP contribution is -2.16. The molecule has 244 valence electrons. The Morgan fingerprint density at radius 2 is 1.08 bits per heavy atom. The third kappa shape index (κ3) is 4.85. The maximum absolute atomic E-state index is 2.46. The standard InChI is InChI=1S/C48H42N2/c1-31-10-18-36(19-11-31)49(39-24-25-45-41(30-39)40-8-6-7-9-44(40)48(45,4)5)37-22-15-34(16-23-37)35-17-27-47-43(29-35)42-28-33(3)14-26-46(42)50(47)38-20-12-32(2)13-21-38/h8-30H,6-7H2,1-5H3. The number of hydrogen-bond donors (Lipinski definition) is 0. The van der Waals surface area contributed by atoms with E-state index in [1.807, 2.05) is 0 Å². The van der Waals surface area contributed by atoms with Crippen LogP contribution < -0.4 is 4.90 Å². The number of rotatable bonds is 5. The van der Waals surface area contributed by atoms with Crippen LogP contribution in [0.5, 0.6) is 0 Å². The Morgan fingerprint density at radius 3 is 1.80 bits per heavy atom. The van der Waals surface area contributed by atoms with Gasteiger partial charge in [0, 0.05) is 38.9 Å². The van der Waals surface area contributed by atoms with Crippen molar-refractivity contribution >= 4 is 44.4 Å². The molecule has 50 heavy (non-hydrogen) atoms. The molecule has 1 aromatic heterocycles. The molecule has 7 aromatic rings. The molecule has 0 saturated carbocycles. The van der Waals surface area contributed by atoms with Crippen LogP contribution in [-0.2, 0) is 5.41 Å². The summed E-state index contributed by atoms with van der Waals surface area (Å²) in [6, 6.07) is 47.7. The fourth-order valence-corrected chi connectivity index (χ4v) is 8.34. The quantitative estimate of drug-likeness (QED) is 0.181. The molecule has 0 saturated heterocycles. The van der Waals surface area contributed by atoms with E-state index in [0.29, 0.717) is 0 Å². The number of nitrogens with zero attached hydrogens (tertiary/aromatic N) is 2. The molecule has 0 bridgehead atoms. The Morgan fingerprint density at radius 1 is 0.520 bits per heavy atom. The summed E-state index contributed by atoms with van der Waals surface area (Å²) in [5.41, 5.74) is 19.1. The monoisotopic (exact) mass is 646 g/mol. The lowest BCUT2D eigenvalue weighted by Gasteiger charge is -2.27. The van der Waals surface area contributed by atoms with Crippen molar-refractivity contribution in [2.45, 2.75) is 52.9 Å². The normalized spacial score (nSPS) is 14.7. The third-order valence-corrected chi connectivity index (χ3v) is 11.0. The molecule has 1 heterocycles. The van der Waals surface area contributed by atoms with E-state index in [9.17, 15) is 0 Å². The van der Waals surface area contributed by atoms with E-state index in [4.69, 9.17) is 0 Å². The molecule has 0 radical (unpaired) electrons. The van der Waals surface area contributed by atoms with E-state index in [0.717, 1.165) is 24.2 Å². The van der Waals surface area contributed by atoms with Crippen LogP contribution >= 0.6 is 0 Å². The summed E-state index contributed by atoms with van der Waals surface area (Å²) in [5.74, 6) is 0. The summed E-state index contributed by atoms with van der Waals surface area (Å²) in [6.07, 6.45) is 7.16. The van der Waals surface area contributed by atoms with Crippen molar-refractivity contribution in [1.82, 2.24) is 4.57 Å². The van der Waals surface area contributed by atoms with E-state index in [2.05, 4.69) is 184 Å². The van der Waals surface area contributed by atoms with Gasteiger partial charge in [0.05, 0.1) is 11.0 Å². The Kier molecular flexibility index (Phi) is 7.00. The van der Waals surface area contributed by atoms with Gasteiger partial charge in [0.25, 0.3) is 0 Å². The van der Waals surface area contributed by atoms with Gasteiger partial charge in [-0.1, -0.05) is 97.3 Å². The SMILES string of the molecule is Cc1ccc(N(c2ccc(-c3ccc4c(c3)c3cc(C)ccc3n4-c3ccc(C)cc3)cc2)c2ccc3c(c2)C2=CCCC=C2C3(C)C)cc1. The van der Waals surface area contributed by atoms with Gasteiger partial charge in [-0.2, -0.15) is 0 Å². The number of aromatic nitrogens is 1. The molecule has 2 nitrogen and oxygen atoms in total. The Balaban J connectivity index is 1.14. The molecular weight excluding hydrogens is 605 g/mol. The second-order valence-electron chi connectivity index (χ2n) is 14.8. The fourth-order valence-electron chi connectivity index (χ4n) is 8.34. The van der Waals surface area contributed by atoms with Crippen molar-refractivity contribution in [2.75, 3.05) is 4.90 Å². The third-order valence-electron chi connectivity index (χ3n) is 11.0. The van der Waals surface area contributed by atoms with Crippen LogP contribution in [0.25, 0.3) is 44.2 Å². The number of aryl methyl sites for hydroxylation is 3. The molecule has 0 atom stereocenters. The van der Waals surface area contributed by atoms with Crippen molar-refractivity contribution in [1.29, 1.82) is 0 Å². The van der Waals surface area contributed by atoms with Gasteiger partial charge < -0.3 is 9.47 Å². The van der Waals surface area contributed by atoms with Crippen LogP contribution in [0.1, 0.15) is 54.5 Å². The first-order valence-electron chi connectivity index (χ1n) is 17.9. The van der Waals surface area contributed by atoms with Gasteiger partial charge >= 0.3 is 0 Å². The number of allylic oxidation sites excluding steroid dienone is 4. The minimum absolute atomic E-state index is 0.0304. The Bertz CT molecular complexity index is 2500. The van der Waals surface area contributed by atoms with Gasteiger partial charge in [-0.25, -0.2) is 0 Å². The minimum Gasteiger partial charge on any atom is -0.310 e. The van der Waals surface area contributed by atoms with E-state index < -0.39 is 0 Å². The summed E-state index contributed by atoms with van der Waals surface area (Å²) in [7, 11) is 0. The molecule has 2 heteroatoms. The molecule has 0 aliphatic heterocycles. The lowest BCUT2D eigenvalue weighted by atomic mass is 9.80. The van der Waals surface area contributed by atoms with Crippen molar-refractivity contribution in [3.63, 3.8) is 0 Å². The zero-order valence-corrected chi connectivity index (χ0v) is 29.6. The minimum atomic E-state index is 0.0304.